The summed E-state index contributed by atoms with van der Waals surface area (Å²) in [7, 11) is 0. The Kier molecular flexibility index (Phi) is 4.95. The zero-order valence-corrected chi connectivity index (χ0v) is 12.1. The first-order valence-corrected chi connectivity index (χ1v) is 6.92. The van der Waals surface area contributed by atoms with Crippen LogP contribution in [0.4, 0.5) is 0 Å². The fraction of sp³-hybridized carbons (Fsp3) is 0.286. The number of nitrogens with one attached hydrogen (secondary N) is 1. The van der Waals surface area contributed by atoms with Crippen molar-refractivity contribution in [2.45, 2.75) is 12.5 Å². The largest absolute Gasteiger partial charge is 0.360 e. The molecule has 1 aromatic heterocycles. The molecule has 0 bridgehead atoms. The molecule has 2 aromatic rings. The Bertz CT molecular complexity index is 655. The van der Waals surface area contributed by atoms with Crippen molar-refractivity contribution >= 4 is 34.8 Å². The fourth-order valence-electron chi connectivity index (χ4n) is 2.24. The van der Waals surface area contributed by atoms with Crippen molar-refractivity contribution in [2.75, 3.05) is 13.1 Å². The predicted octanol–water partition coefficient (Wildman–Crippen LogP) is 0.635. The molecule has 6 nitrogen and oxygen atoms in total. The van der Waals surface area contributed by atoms with E-state index in [9.17, 15) is 9.59 Å². The smallest absolute Gasteiger partial charge is 0.246 e. The Morgan fingerprint density at radius 2 is 2.24 bits per heavy atom. The average Bonchev–Trinajstić information content (AvgIpc) is 2.88. The molecule has 5 N–H and O–H groups in total. The molecule has 2 amide bonds. The molecular weight excluding hydrogens is 292 g/mol. The Hall–Kier alpha value is -1.89. The van der Waals surface area contributed by atoms with Gasteiger partial charge in [0, 0.05) is 24.7 Å². The molecule has 1 heterocycles. The van der Waals surface area contributed by atoms with E-state index in [1.54, 1.807) is 12.3 Å². The van der Waals surface area contributed by atoms with Crippen molar-refractivity contribution in [1.82, 2.24) is 9.88 Å². The molecule has 0 saturated heterocycles. The number of halogens is 1. The van der Waals surface area contributed by atoms with Crippen LogP contribution in [0.15, 0.2) is 24.4 Å². The first-order valence-electron chi connectivity index (χ1n) is 6.54. The molecule has 0 aliphatic heterocycles. The van der Waals surface area contributed by atoms with Gasteiger partial charge in [-0.3, -0.25) is 14.5 Å². The van der Waals surface area contributed by atoms with E-state index in [0.29, 0.717) is 17.9 Å². The summed E-state index contributed by atoms with van der Waals surface area (Å²) in [5.41, 5.74) is 13.0. The Morgan fingerprint density at radius 1 is 1.48 bits per heavy atom. The number of hydrogen-bond donors (Lipinski definition) is 3. The third kappa shape index (κ3) is 3.24. The normalized spacial score (nSPS) is 12.3. The van der Waals surface area contributed by atoms with Crippen molar-refractivity contribution in [1.29, 1.82) is 0 Å². The molecule has 7 heteroatoms. The highest BCUT2D eigenvalue weighted by atomic mass is 35.5. The zero-order valence-electron chi connectivity index (χ0n) is 11.4. The van der Waals surface area contributed by atoms with Gasteiger partial charge >= 0.3 is 0 Å². The Balaban J connectivity index is 2.18. The number of amides is 2. The van der Waals surface area contributed by atoms with Crippen LogP contribution in [-0.4, -0.2) is 41.3 Å². The maximum atomic E-state index is 12.1. The predicted molar refractivity (Wildman–Crippen MR) is 81.8 cm³/mol. The SMILES string of the molecule is NCCN(C=O)C(=O)C(N)Cc1c[nH]c2c(Cl)cccc12. The summed E-state index contributed by atoms with van der Waals surface area (Å²) < 4.78 is 0. The molecule has 0 fully saturated rings. The summed E-state index contributed by atoms with van der Waals surface area (Å²) in [6.07, 6.45) is 2.55. The molecule has 0 aliphatic carbocycles. The number of rotatable bonds is 6. The Morgan fingerprint density at radius 3 is 2.90 bits per heavy atom. The molecule has 21 heavy (non-hydrogen) atoms. The van der Waals surface area contributed by atoms with Gasteiger partial charge in [-0.25, -0.2) is 0 Å². The number of aromatic nitrogens is 1. The van der Waals surface area contributed by atoms with Gasteiger partial charge in [0.15, 0.2) is 0 Å². The van der Waals surface area contributed by atoms with Gasteiger partial charge in [0.1, 0.15) is 0 Å². The van der Waals surface area contributed by atoms with E-state index >= 15 is 0 Å². The number of nitrogens with zero attached hydrogens (tertiary/aromatic N) is 1. The number of hydrogen-bond acceptors (Lipinski definition) is 4. The average molecular weight is 309 g/mol. The van der Waals surface area contributed by atoms with Gasteiger partial charge in [0.25, 0.3) is 0 Å². The van der Waals surface area contributed by atoms with E-state index in [1.807, 2.05) is 12.1 Å². The lowest BCUT2D eigenvalue weighted by molar-refractivity contribution is -0.139. The quantitative estimate of drug-likeness (QED) is 0.681. The Labute approximate surface area is 127 Å². The van der Waals surface area contributed by atoms with Crippen LogP contribution in [0.1, 0.15) is 5.56 Å². The number of imide groups is 1. The van der Waals surface area contributed by atoms with Crippen LogP contribution < -0.4 is 11.5 Å². The molecule has 112 valence electrons. The van der Waals surface area contributed by atoms with Crippen LogP contribution in [0.5, 0.6) is 0 Å². The second-order valence-corrected chi connectivity index (χ2v) is 5.12. The summed E-state index contributed by atoms with van der Waals surface area (Å²) in [6.45, 7) is 0.371. The minimum atomic E-state index is -0.806. The molecule has 1 atom stereocenters. The zero-order chi connectivity index (χ0) is 15.4. The van der Waals surface area contributed by atoms with Crippen molar-refractivity contribution in [3.63, 3.8) is 0 Å². The van der Waals surface area contributed by atoms with Gasteiger partial charge in [-0.2, -0.15) is 0 Å². The molecule has 2 rings (SSSR count). The second kappa shape index (κ2) is 6.71. The highest BCUT2D eigenvalue weighted by molar-refractivity contribution is 6.35. The molecule has 0 spiro atoms. The van der Waals surface area contributed by atoms with E-state index in [4.69, 9.17) is 23.1 Å². The lowest BCUT2D eigenvalue weighted by Gasteiger charge is -2.18. The minimum Gasteiger partial charge on any atom is -0.360 e. The van der Waals surface area contributed by atoms with E-state index in [1.165, 1.54) is 0 Å². The fourth-order valence-corrected chi connectivity index (χ4v) is 2.46. The summed E-state index contributed by atoms with van der Waals surface area (Å²) >= 11 is 6.09. The number of nitrogens with two attached hydrogens (primary N) is 2. The van der Waals surface area contributed by atoms with Crippen LogP contribution in [0, 0.1) is 0 Å². The number of H-pyrrole nitrogens is 1. The van der Waals surface area contributed by atoms with E-state index in [2.05, 4.69) is 4.98 Å². The molecule has 1 unspecified atom stereocenters. The molecule has 1 aromatic carbocycles. The van der Waals surface area contributed by atoms with Gasteiger partial charge in [-0.15, -0.1) is 0 Å². The molecule has 0 saturated carbocycles. The summed E-state index contributed by atoms with van der Waals surface area (Å²) in [5.74, 6) is -0.438. The maximum absolute atomic E-state index is 12.1. The third-order valence-electron chi connectivity index (χ3n) is 3.29. The van der Waals surface area contributed by atoms with Crippen LogP contribution in [-0.2, 0) is 16.0 Å². The van der Waals surface area contributed by atoms with Gasteiger partial charge in [0.2, 0.25) is 12.3 Å². The van der Waals surface area contributed by atoms with Crippen molar-refractivity contribution in [3.05, 3.63) is 35.0 Å². The topological polar surface area (TPSA) is 105 Å². The van der Waals surface area contributed by atoms with E-state index < -0.39 is 11.9 Å². The minimum absolute atomic E-state index is 0.162. The monoisotopic (exact) mass is 308 g/mol. The number of carbonyl (C=O) groups is 2. The number of benzene rings is 1. The third-order valence-corrected chi connectivity index (χ3v) is 3.60. The lowest BCUT2D eigenvalue weighted by Crippen LogP contribution is -2.46. The number of para-hydroxylation sites is 1. The molecule has 0 aliphatic rings. The van der Waals surface area contributed by atoms with Gasteiger partial charge in [-0.05, 0) is 18.1 Å². The van der Waals surface area contributed by atoms with Crippen LogP contribution >= 0.6 is 11.6 Å². The summed E-state index contributed by atoms with van der Waals surface area (Å²) in [6, 6.07) is 4.72. The van der Waals surface area contributed by atoms with Crippen LogP contribution in [0.3, 0.4) is 0 Å². The number of fused-ring (bicyclic) bond motifs is 1. The maximum Gasteiger partial charge on any atom is 0.246 e. The molecule has 0 radical (unpaired) electrons. The standard InChI is InChI=1S/C14H17ClN4O2/c15-11-3-1-2-10-9(7-18-13(10)11)6-12(17)14(21)19(8-20)5-4-16/h1-3,7-8,12,18H,4-6,16-17H2. The van der Waals surface area contributed by atoms with Crippen molar-refractivity contribution in [3.8, 4) is 0 Å². The first-order chi connectivity index (χ1) is 10.1. The van der Waals surface area contributed by atoms with E-state index in [-0.39, 0.29) is 13.1 Å². The highest BCUT2D eigenvalue weighted by Gasteiger charge is 2.21. The second-order valence-electron chi connectivity index (χ2n) is 4.71. The first kappa shape index (κ1) is 15.5. The summed E-state index contributed by atoms with van der Waals surface area (Å²) in [4.78, 5) is 27.0. The van der Waals surface area contributed by atoms with Crippen molar-refractivity contribution < 1.29 is 9.59 Å². The van der Waals surface area contributed by atoms with Gasteiger partial charge in [-0.1, -0.05) is 23.7 Å². The summed E-state index contributed by atoms with van der Waals surface area (Å²) in [5, 5.41) is 1.53. The number of aromatic amines is 1. The van der Waals surface area contributed by atoms with Gasteiger partial charge < -0.3 is 16.5 Å². The van der Waals surface area contributed by atoms with Crippen molar-refractivity contribution in [2.24, 2.45) is 11.5 Å². The number of carbonyl (C=O) groups excluding carboxylic acids is 2. The highest BCUT2D eigenvalue weighted by Crippen LogP contribution is 2.25. The van der Waals surface area contributed by atoms with Gasteiger partial charge in [0.05, 0.1) is 16.6 Å². The van der Waals surface area contributed by atoms with E-state index in [0.717, 1.165) is 21.4 Å². The van der Waals surface area contributed by atoms with Crippen LogP contribution in [0.2, 0.25) is 5.02 Å². The molecular formula is C14H17ClN4O2. The lowest BCUT2D eigenvalue weighted by atomic mass is 10.0. The van der Waals surface area contributed by atoms with Crippen LogP contribution in [0.25, 0.3) is 10.9 Å².